The van der Waals surface area contributed by atoms with E-state index in [2.05, 4.69) is 5.32 Å². The van der Waals surface area contributed by atoms with Gasteiger partial charge in [0, 0.05) is 18.8 Å². The number of ether oxygens (including phenoxy) is 1. The van der Waals surface area contributed by atoms with E-state index in [1.807, 2.05) is 0 Å². The van der Waals surface area contributed by atoms with E-state index in [-0.39, 0.29) is 5.56 Å². The quantitative estimate of drug-likeness (QED) is 0.814. The molecule has 0 bridgehead atoms. The third-order valence-electron chi connectivity index (χ3n) is 2.01. The number of nitrogens with zero attached hydrogens (tertiary/aromatic N) is 1. The maximum absolute atomic E-state index is 11.5. The van der Waals surface area contributed by atoms with Gasteiger partial charge in [0.25, 0.3) is 5.56 Å². The second kappa shape index (κ2) is 4.61. The molecule has 0 radical (unpaired) electrons. The number of aryl methyl sites for hydroxylation is 2. The van der Waals surface area contributed by atoms with Gasteiger partial charge in [-0.25, -0.2) is 4.79 Å². The van der Waals surface area contributed by atoms with Gasteiger partial charge in [-0.05, 0) is 33.8 Å². The van der Waals surface area contributed by atoms with E-state index < -0.39 is 11.7 Å². The second-order valence-corrected chi connectivity index (χ2v) is 4.95. The topological polar surface area (TPSA) is 60.3 Å². The van der Waals surface area contributed by atoms with Crippen LogP contribution in [0.15, 0.2) is 17.1 Å². The van der Waals surface area contributed by atoms with E-state index in [0.717, 1.165) is 0 Å². The third-order valence-corrected chi connectivity index (χ3v) is 2.01. The Morgan fingerprint density at radius 2 is 2.00 bits per heavy atom. The molecule has 0 aromatic carbocycles. The van der Waals surface area contributed by atoms with Crippen LogP contribution in [0.2, 0.25) is 0 Å². The molecule has 0 saturated carbocycles. The SMILES string of the molecule is Cc1cc(NC(=O)OC(C)(C)C)cn(C)c1=O. The molecule has 1 amide bonds. The first-order valence-corrected chi connectivity index (χ1v) is 5.36. The molecule has 1 heterocycles. The summed E-state index contributed by atoms with van der Waals surface area (Å²) in [6, 6.07) is 1.62. The predicted molar refractivity (Wildman–Crippen MR) is 66.3 cm³/mol. The average molecular weight is 238 g/mol. The molecule has 5 nitrogen and oxygen atoms in total. The number of hydrogen-bond acceptors (Lipinski definition) is 3. The molecule has 1 N–H and O–H groups in total. The van der Waals surface area contributed by atoms with Crippen molar-refractivity contribution in [1.82, 2.24) is 4.57 Å². The summed E-state index contributed by atoms with van der Waals surface area (Å²) in [5.74, 6) is 0. The first-order valence-electron chi connectivity index (χ1n) is 5.36. The Morgan fingerprint density at radius 1 is 1.41 bits per heavy atom. The van der Waals surface area contributed by atoms with Gasteiger partial charge >= 0.3 is 6.09 Å². The Hall–Kier alpha value is -1.78. The number of anilines is 1. The minimum atomic E-state index is -0.542. The molecule has 17 heavy (non-hydrogen) atoms. The molecule has 94 valence electrons. The van der Waals surface area contributed by atoms with Gasteiger partial charge in [0.15, 0.2) is 0 Å². The summed E-state index contributed by atoms with van der Waals surface area (Å²) >= 11 is 0. The Morgan fingerprint density at radius 3 is 2.47 bits per heavy atom. The lowest BCUT2D eigenvalue weighted by Gasteiger charge is -2.19. The summed E-state index contributed by atoms with van der Waals surface area (Å²) in [5.41, 5.74) is 0.486. The van der Waals surface area contributed by atoms with Crippen molar-refractivity contribution in [2.45, 2.75) is 33.3 Å². The van der Waals surface area contributed by atoms with E-state index in [9.17, 15) is 9.59 Å². The number of hydrogen-bond donors (Lipinski definition) is 1. The third kappa shape index (κ3) is 3.94. The van der Waals surface area contributed by atoms with Crippen LogP contribution in [-0.2, 0) is 11.8 Å². The zero-order valence-corrected chi connectivity index (χ0v) is 10.8. The molecule has 0 aliphatic carbocycles. The van der Waals surface area contributed by atoms with Crippen LogP contribution in [-0.4, -0.2) is 16.3 Å². The fourth-order valence-corrected chi connectivity index (χ4v) is 1.37. The molecule has 0 saturated heterocycles. The lowest BCUT2D eigenvalue weighted by atomic mass is 10.2. The number of carbonyl (C=O) groups excluding carboxylic acids is 1. The highest BCUT2D eigenvalue weighted by atomic mass is 16.6. The van der Waals surface area contributed by atoms with Crippen LogP contribution in [0.25, 0.3) is 0 Å². The van der Waals surface area contributed by atoms with Crippen molar-refractivity contribution in [2.75, 3.05) is 5.32 Å². The Balaban J connectivity index is 2.83. The van der Waals surface area contributed by atoms with Crippen molar-refractivity contribution >= 4 is 11.8 Å². The highest BCUT2D eigenvalue weighted by Gasteiger charge is 2.16. The van der Waals surface area contributed by atoms with Crippen LogP contribution in [0.3, 0.4) is 0 Å². The lowest BCUT2D eigenvalue weighted by molar-refractivity contribution is 0.0636. The first-order chi connectivity index (χ1) is 7.69. The number of nitrogens with one attached hydrogen (secondary N) is 1. The monoisotopic (exact) mass is 238 g/mol. The van der Waals surface area contributed by atoms with E-state index in [1.54, 1.807) is 47.0 Å². The molecule has 0 aliphatic rings. The fraction of sp³-hybridized carbons (Fsp3) is 0.500. The van der Waals surface area contributed by atoms with Crippen LogP contribution in [0, 0.1) is 6.92 Å². The highest BCUT2D eigenvalue weighted by molar-refractivity contribution is 5.84. The molecule has 0 spiro atoms. The zero-order chi connectivity index (χ0) is 13.2. The minimum Gasteiger partial charge on any atom is -0.444 e. The Labute approximate surface area is 100 Å². The number of amides is 1. The summed E-state index contributed by atoms with van der Waals surface area (Å²) in [6.07, 6.45) is 1.02. The number of pyridine rings is 1. The Kier molecular flexibility index (Phi) is 3.60. The molecule has 0 aliphatic heterocycles. The van der Waals surface area contributed by atoms with Crippen molar-refractivity contribution in [3.8, 4) is 0 Å². The van der Waals surface area contributed by atoms with Gasteiger partial charge < -0.3 is 9.30 Å². The van der Waals surface area contributed by atoms with Gasteiger partial charge in [0.1, 0.15) is 5.60 Å². The molecule has 5 heteroatoms. The zero-order valence-electron chi connectivity index (χ0n) is 10.8. The molecule has 1 aromatic rings. The molecule has 0 fully saturated rings. The molecular formula is C12H18N2O3. The van der Waals surface area contributed by atoms with Crippen LogP contribution in [0.5, 0.6) is 0 Å². The van der Waals surface area contributed by atoms with Gasteiger partial charge in [-0.3, -0.25) is 10.1 Å². The van der Waals surface area contributed by atoms with Gasteiger partial charge in [-0.1, -0.05) is 0 Å². The van der Waals surface area contributed by atoms with E-state index in [0.29, 0.717) is 11.3 Å². The van der Waals surface area contributed by atoms with Crippen molar-refractivity contribution < 1.29 is 9.53 Å². The van der Waals surface area contributed by atoms with Crippen LogP contribution >= 0.6 is 0 Å². The first kappa shape index (κ1) is 13.3. The molecule has 0 unspecified atom stereocenters. The summed E-state index contributed by atoms with van der Waals surface area (Å²) < 4.78 is 6.53. The summed E-state index contributed by atoms with van der Waals surface area (Å²) in [4.78, 5) is 23.0. The molecule has 0 atom stereocenters. The largest absolute Gasteiger partial charge is 0.444 e. The minimum absolute atomic E-state index is 0.0836. The van der Waals surface area contributed by atoms with E-state index >= 15 is 0 Å². The van der Waals surface area contributed by atoms with E-state index in [1.165, 1.54) is 4.57 Å². The number of carbonyl (C=O) groups is 1. The second-order valence-electron chi connectivity index (χ2n) is 4.95. The average Bonchev–Trinajstić information content (AvgIpc) is 2.10. The van der Waals surface area contributed by atoms with Crippen LogP contribution < -0.4 is 10.9 Å². The van der Waals surface area contributed by atoms with Crippen molar-refractivity contribution in [2.24, 2.45) is 7.05 Å². The maximum atomic E-state index is 11.5. The van der Waals surface area contributed by atoms with Gasteiger partial charge in [0.05, 0.1) is 5.69 Å². The van der Waals surface area contributed by atoms with Gasteiger partial charge in [-0.2, -0.15) is 0 Å². The van der Waals surface area contributed by atoms with Gasteiger partial charge in [-0.15, -0.1) is 0 Å². The Bertz CT molecular complexity index is 457. The van der Waals surface area contributed by atoms with Crippen molar-refractivity contribution in [3.63, 3.8) is 0 Å². The predicted octanol–water partition coefficient (Wildman–Crippen LogP) is 2.04. The number of rotatable bonds is 1. The lowest BCUT2D eigenvalue weighted by Crippen LogP contribution is -2.28. The van der Waals surface area contributed by atoms with Crippen LogP contribution in [0.1, 0.15) is 26.3 Å². The standard InChI is InChI=1S/C12H18N2O3/c1-8-6-9(7-14(5)10(8)15)13-11(16)17-12(2,3)4/h6-7H,1-5H3,(H,13,16). The van der Waals surface area contributed by atoms with E-state index in [4.69, 9.17) is 4.74 Å². The molecule has 1 rings (SSSR count). The highest BCUT2D eigenvalue weighted by Crippen LogP contribution is 2.11. The fourth-order valence-electron chi connectivity index (χ4n) is 1.37. The summed E-state index contributed by atoms with van der Waals surface area (Å²) in [6.45, 7) is 7.07. The normalized spacial score (nSPS) is 11.1. The van der Waals surface area contributed by atoms with Crippen molar-refractivity contribution in [1.29, 1.82) is 0 Å². The van der Waals surface area contributed by atoms with Gasteiger partial charge in [0.2, 0.25) is 0 Å². The molecular weight excluding hydrogens is 220 g/mol. The summed E-state index contributed by atoms with van der Waals surface area (Å²) in [5, 5.41) is 2.59. The van der Waals surface area contributed by atoms with Crippen molar-refractivity contribution in [3.05, 3.63) is 28.2 Å². The summed E-state index contributed by atoms with van der Waals surface area (Å²) in [7, 11) is 1.63. The number of aromatic nitrogens is 1. The maximum Gasteiger partial charge on any atom is 0.412 e. The smallest absolute Gasteiger partial charge is 0.412 e. The molecule has 1 aromatic heterocycles. The van der Waals surface area contributed by atoms with Crippen LogP contribution in [0.4, 0.5) is 10.5 Å².